The number of hydrogen-bond acceptors (Lipinski definition) is 7. The van der Waals surface area contributed by atoms with Gasteiger partial charge in [0.05, 0.1) is 5.02 Å². The molecule has 1 saturated carbocycles. The van der Waals surface area contributed by atoms with Crippen molar-refractivity contribution >= 4 is 29.3 Å². The first-order chi connectivity index (χ1) is 19.6. The van der Waals surface area contributed by atoms with Gasteiger partial charge in [-0.1, -0.05) is 11.6 Å². The summed E-state index contributed by atoms with van der Waals surface area (Å²) in [7, 11) is 2.24. The second-order valence-corrected chi connectivity index (χ2v) is 13.9. The number of nitrogens with zero attached hydrogens (tertiary/aromatic N) is 2. The third-order valence-corrected chi connectivity index (χ3v) is 10.9. The van der Waals surface area contributed by atoms with Crippen LogP contribution in [-0.4, -0.2) is 72.0 Å². The molecule has 4 heterocycles. The lowest BCUT2D eigenvalue weighted by Crippen LogP contribution is -2.47. The molecule has 2 aromatic rings. The molecule has 0 radical (unpaired) electrons. The maximum absolute atomic E-state index is 13.3. The standard InChI is InChI=1S/C31H41ClN4O4S/c1-17-10-26(41-5)24(30(38)34-17)12-33-29(37)23-11-25(32)28-27(18(23)2)39-31(3,40-28)21-6-8-22(9-7-21)36-15-19-13-35(4)14-20(19)16-36/h10-11,19-22H,6-9,12-16H2,1-5H3,(H,33,37)(H,34,38)/t19?,20?,21-,22-,31-/m1/s1. The molecule has 4 aliphatic rings. The summed E-state index contributed by atoms with van der Waals surface area (Å²) in [6.07, 6.45) is 6.28. The number of amides is 1. The molecule has 0 bridgehead atoms. The lowest BCUT2D eigenvalue weighted by molar-refractivity contribution is -0.124. The maximum Gasteiger partial charge on any atom is 0.254 e. The number of halogens is 1. The van der Waals surface area contributed by atoms with Gasteiger partial charge in [-0.3, -0.25) is 14.5 Å². The van der Waals surface area contributed by atoms with Gasteiger partial charge >= 0.3 is 0 Å². The summed E-state index contributed by atoms with van der Waals surface area (Å²) < 4.78 is 13.0. The van der Waals surface area contributed by atoms with Crippen molar-refractivity contribution in [1.29, 1.82) is 0 Å². The normalized spacial score (nSPS) is 29.6. The van der Waals surface area contributed by atoms with Crippen molar-refractivity contribution in [3.8, 4) is 11.5 Å². The molecule has 222 valence electrons. The first kappa shape index (κ1) is 28.9. The Balaban J connectivity index is 1.11. The summed E-state index contributed by atoms with van der Waals surface area (Å²) in [6, 6.07) is 4.20. The van der Waals surface area contributed by atoms with Crippen LogP contribution in [0.5, 0.6) is 11.5 Å². The predicted octanol–water partition coefficient (Wildman–Crippen LogP) is 4.84. The van der Waals surface area contributed by atoms with Gasteiger partial charge in [0.25, 0.3) is 17.3 Å². The Labute approximate surface area is 251 Å². The Hall–Kier alpha value is -2.20. The molecule has 8 nitrogen and oxygen atoms in total. The quantitative estimate of drug-likeness (QED) is 0.459. The zero-order valence-electron chi connectivity index (χ0n) is 24.6. The van der Waals surface area contributed by atoms with Crippen LogP contribution in [0.4, 0.5) is 0 Å². The monoisotopic (exact) mass is 600 g/mol. The van der Waals surface area contributed by atoms with E-state index in [4.69, 9.17) is 21.1 Å². The van der Waals surface area contributed by atoms with Gasteiger partial charge in [-0.2, -0.15) is 0 Å². The molecule has 1 aliphatic carbocycles. The van der Waals surface area contributed by atoms with E-state index in [2.05, 4.69) is 27.1 Å². The number of benzene rings is 1. The fourth-order valence-corrected chi connectivity index (χ4v) is 8.51. The molecule has 10 heteroatoms. The average molecular weight is 601 g/mol. The van der Waals surface area contributed by atoms with Crippen LogP contribution in [0, 0.1) is 31.6 Å². The maximum atomic E-state index is 13.3. The van der Waals surface area contributed by atoms with Crippen molar-refractivity contribution in [3.63, 3.8) is 0 Å². The van der Waals surface area contributed by atoms with Crippen molar-refractivity contribution in [1.82, 2.24) is 20.1 Å². The molecule has 6 rings (SSSR count). The Kier molecular flexibility index (Phi) is 7.85. The summed E-state index contributed by atoms with van der Waals surface area (Å²) in [6.45, 7) is 10.8. The Bertz CT molecular complexity index is 1390. The number of nitrogens with one attached hydrogen (secondary N) is 2. The van der Waals surface area contributed by atoms with Crippen LogP contribution in [0.2, 0.25) is 5.02 Å². The van der Waals surface area contributed by atoms with E-state index in [1.54, 1.807) is 6.07 Å². The van der Waals surface area contributed by atoms with Crippen molar-refractivity contribution in [2.75, 3.05) is 39.5 Å². The number of thioether (sulfide) groups is 1. The highest BCUT2D eigenvalue weighted by Gasteiger charge is 2.49. The average Bonchev–Trinajstić information content (AvgIpc) is 3.61. The minimum absolute atomic E-state index is 0.117. The van der Waals surface area contributed by atoms with Gasteiger partial charge in [0.15, 0.2) is 11.5 Å². The number of fused-ring (bicyclic) bond motifs is 2. The molecular weight excluding hydrogens is 560 g/mol. The van der Waals surface area contributed by atoms with E-state index in [-0.39, 0.29) is 23.9 Å². The minimum Gasteiger partial charge on any atom is -0.448 e. The highest BCUT2D eigenvalue weighted by atomic mass is 35.5. The molecule has 0 spiro atoms. The van der Waals surface area contributed by atoms with Crippen LogP contribution < -0.4 is 20.3 Å². The molecule has 1 aromatic carbocycles. The summed E-state index contributed by atoms with van der Waals surface area (Å²) in [5.74, 6) is 1.83. The number of aromatic nitrogens is 1. The highest BCUT2D eigenvalue weighted by molar-refractivity contribution is 7.98. The van der Waals surface area contributed by atoms with Crippen molar-refractivity contribution < 1.29 is 14.3 Å². The van der Waals surface area contributed by atoms with Gasteiger partial charge in [0, 0.05) is 78.9 Å². The third-order valence-electron chi connectivity index (χ3n) is 9.82. The molecular formula is C31H41ClN4O4S. The zero-order valence-corrected chi connectivity index (χ0v) is 26.2. The summed E-state index contributed by atoms with van der Waals surface area (Å²) >= 11 is 8.16. The van der Waals surface area contributed by atoms with E-state index >= 15 is 0 Å². The number of rotatable bonds is 6. The van der Waals surface area contributed by atoms with Gasteiger partial charge in [-0.15, -0.1) is 11.8 Å². The Morgan fingerprint density at radius 1 is 1.10 bits per heavy atom. The van der Waals surface area contributed by atoms with E-state index in [1.165, 1.54) is 37.9 Å². The fourth-order valence-electron chi connectivity index (χ4n) is 7.58. The second-order valence-electron chi connectivity index (χ2n) is 12.6. The highest BCUT2D eigenvalue weighted by Crippen LogP contribution is 2.52. The van der Waals surface area contributed by atoms with Crippen molar-refractivity contribution in [2.24, 2.45) is 17.8 Å². The molecule has 2 unspecified atom stereocenters. The number of ether oxygens (including phenoxy) is 2. The van der Waals surface area contributed by atoms with E-state index in [1.807, 2.05) is 33.1 Å². The molecule has 2 saturated heterocycles. The Morgan fingerprint density at radius 3 is 2.41 bits per heavy atom. The number of pyridine rings is 1. The number of aromatic amines is 1. The van der Waals surface area contributed by atoms with Gasteiger partial charge in [0.2, 0.25) is 0 Å². The summed E-state index contributed by atoms with van der Waals surface area (Å²) in [5, 5.41) is 3.27. The van der Waals surface area contributed by atoms with E-state index in [0.717, 1.165) is 48.1 Å². The van der Waals surface area contributed by atoms with Gasteiger partial charge < -0.3 is 24.7 Å². The topological polar surface area (TPSA) is 86.9 Å². The number of likely N-dealkylation sites (tertiary alicyclic amines) is 2. The smallest absolute Gasteiger partial charge is 0.254 e. The Morgan fingerprint density at radius 2 is 1.76 bits per heavy atom. The van der Waals surface area contributed by atoms with E-state index in [9.17, 15) is 9.59 Å². The molecule has 1 aromatic heterocycles. The first-order valence-corrected chi connectivity index (χ1v) is 16.3. The van der Waals surface area contributed by atoms with Crippen molar-refractivity contribution in [2.45, 2.75) is 69.7 Å². The lowest BCUT2D eigenvalue weighted by atomic mass is 9.81. The zero-order chi connectivity index (χ0) is 29.1. The summed E-state index contributed by atoms with van der Waals surface area (Å²) in [4.78, 5) is 34.7. The van der Waals surface area contributed by atoms with E-state index < -0.39 is 5.79 Å². The lowest BCUT2D eigenvalue weighted by Gasteiger charge is -2.40. The van der Waals surface area contributed by atoms with Gasteiger partial charge in [-0.05, 0) is 76.8 Å². The van der Waals surface area contributed by atoms with Crippen LogP contribution in [0.25, 0.3) is 0 Å². The predicted molar refractivity (Wildman–Crippen MR) is 162 cm³/mol. The first-order valence-electron chi connectivity index (χ1n) is 14.7. The second kappa shape index (κ2) is 11.1. The number of aryl methyl sites for hydroxylation is 1. The number of carbonyl (C=O) groups is 1. The number of H-pyrrole nitrogens is 1. The minimum atomic E-state index is -0.816. The van der Waals surface area contributed by atoms with Gasteiger partial charge in [0.1, 0.15) is 0 Å². The number of hydrogen-bond donors (Lipinski definition) is 2. The van der Waals surface area contributed by atoms with Crippen molar-refractivity contribution in [3.05, 3.63) is 49.9 Å². The van der Waals surface area contributed by atoms with Crippen LogP contribution in [0.3, 0.4) is 0 Å². The fraction of sp³-hybridized carbons (Fsp3) is 0.613. The third kappa shape index (κ3) is 5.39. The van der Waals surface area contributed by atoms with Crippen LogP contribution in [-0.2, 0) is 6.54 Å². The van der Waals surface area contributed by atoms with Gasteiger partial charge in [-0.25, -0.2) is 0 Å². The molecule has 1 amide bonds. The van der Waals surface area contributed by atoms with Crippen LogP contribution >= 0.6 is 23.4 Å². The summed E-state index contributed by atoms with van der Waals surface area (Å²) in [5.41, 5.74) is 2.24. The number of carbonyl (C=O) groups excluding carboxylic acids is 1. The molecule has 3 fully saturated rings. The molecule has 3 atom stereocenters. The van der Waals surface area contributed by atoms with Crippen LogP contribution in [0.1, 0.15) is 59.8 Å². The molecule has 3 aliphatic heterocycles. The molecule has 41 heavy (non-hydrogen) atoms. The molecule has 2 N–H and O–H groups in total. The SMILES string of the molecule is CSc1cc(C)[nH]c(=O)c1CNC(=O)c1cc(Cl)c2c(c1C)O[C@@](C)([C@H]1CC[C@H](N3CC4CN(C)CC4C3)CC1)O2. The van der Waals surface area contributed by atoms with E-state index in [0.29, 0.717) is 39.3 Å². The van der Waals surface area contributed by atoms with Crippen LogP contribution in [0.15, 0.2) is 21.8 Å². The largest absolute Gasteiger partial charge is 0.448 e.